The van der Waals surface area contributed by atoms with Crippen molar-refractivity contribution in [1.29, 1.82) is 0 Å². The third-order valence-electron chi connectivity index (χ3n) is 5.70. The average molecular weight is 506 g/mol. The summed E-state index contributed by atoms with van der Waals surface area (Å²) >= 11 is 0. The summed E-state index contributed by atoms with van der Waals surface area (Å²) in [7, 11) is -4.57. The Balaban J connectivity index is 1.26. The standard InChI is InChI=1S/C20H23N7O7S/c21-12-4-2-1-3-11(12)19(30)26-35(31,32)33-7-13-15(28)16(29)20(34-13)27-9-24-14-17(25-10-5-6-10)22-8-23-18(14)27/h1-4,8-10,13,15-16,20,28-29H,5-7,21H2,(H,26,30)(H,22,23,25)/t13-,15-,16-,20-/m1/s1. The predicted molar refractivity (Wildman–Crippen MR) is 121 cm³/mol. The Labute approximate surface area is 199 Å². The van der Waals surface area contributed by atoms with E-state index in [-0.39, 0.29) is 11.3 Å². The number of nitrogens with one attached hydrogen (secondary N) is 2. The molecule has 2 fully saturated rings. The van der Waals surface area contributed by atoms with Gasteiger partial charge in [-0.1, -0.05) is 12.1 Å². The molecule has 0 spiro atoms. The number of rotatable bonds is 8. The number of imidazole rings is 1. The van der Waals surface area contributed by atoms with Crippen LogP contribution in [0.5, 0.6) is 0 Å². The Kier molecular flexibility index (Phi) is 6.02. The third kappa shape index (κ3) is 4.76. The summed E-state index contributed by atoms with van der Waals surface area (Å²) in [5.41, 5.74) is 6.56. The van der Waals surface area contributed by atoms with Gasteiger partial charge in [-0.15, -0.1) is 0 Å². The van der Waals surface area contributed by atoms with E-state index in [0.29, 0.717) is 23.0 Å². The summed E-state index contributed by atoms with van der Waals surface area (Å²) < 4.78 is 38.2. The number of carbonyl (C=O) groups is 1. The van der Waals surface area contributed by atoms with Crippen LogP contribution in [0, 0.1) is 0 Å². The summed E-state index contributed by atoms with van der Waals surface area (Å²) in [6.07, 6.45) is -0.461. The zero-order chi connectivity index (χ0) is 24.7. The van der Waals surface area contributed by atoms with Gasteiger partial charge >= 0.3 is 10.3 Å². The number of nitrogen functional groups attached to an aromatic ring is 1. The van der Waals surface area contributed by atoms with Gasteiger partial charge in [-0.25, -0.2) is 19.7 Å². The number of aliphatic hydroxyl groups excluding tert-OH is 2. The number of para-hydroxylation sites is 1. The van der Waals surface area contributed by atoms with Crippen molar-refractivity contribution in [3.8, 4) is 0 Å². The van der Waals surface area contributed by atoms with E-state index in [2.05, 4.69) is 20.3 Å². The number of ether oxygens (including phenoxy) is 1. The summed E-state index contributed by atoms with van der Waals surface area (Å²) in [6, 6.07) is 6.25. The number of anilines is 2. The van der Waals surface area contributed by atoms with Gasteiger partial charge in [-0.3, -0.25) is 13.5 Å². The van der Waals surface area contributed by atoms with Crippen molar-refractivity contribution in [2.75, 3.05) is 17.7 Å². The average Bonchev–Trinajstić information content (AvgIpc) is 3.46. The van der Waals surface area contributed by atoms with Crippen LogP contribution in [0.4, 0.5) is 11.5 Å². The maximum absolute atomic E-state index is 12.3. The van der Waals surface area contributed by atoms with Crippen LogP contribution < -0.4 is 15.8 Å². The summed E-state index contributed by atoms with van der Waals surface area (Å²) in [4.78, 5) is 24.9. The fraction of sp³-hybridized carbons (Fsp3) is 0.400. The summed E-state index contributed by atoms with van der Waals surface area (Å²) in [5, 5.41) is 24.3. The number of nitrogens with zero attached hydrogens (tertiary/aromatic N) is 4. The molecule has 2 aliphatic rings. The highest BCUT2D eigenvalue weighted by atomic mass is 32.2. The van der Waals surface area contributed by atoms with Crippen molar-refractivity contribution in [3.05, 3.63) is 42.5 Å². The van der Waals surface area contributed by atoms with Crippen LogP contribution in [-0.2, 0) is 19.2 Å². The number of hydrogen-bond donors (Lipinski definition) is 5. The van der Waals surface area contributed by atoms with Gasteiger partial charge in [0.25, 0.3) is 5.91 Å². The molecule has 35 heavy (non-hydrogen) atoms. The van der Waals surface area contributed by atoms with Gasteiger partial charge in [-0.05, 0) is 25.0 Å². The topological polar surface area (TPSA) is 204 Å². The molecular weight excluding hydrogens is 482 g/mol. The molecule has 4 atom stereocenters. The van der Waals surface area contributed by atoms with Crippen LogP contribution in [0.1, 0.15) is 29.4 Å². The molecule has 2 aromatic heterocycles. The minimum atomic E-state index is -4.57. The number of benzene rings is 1. The van der Waals surface area contributed by atoms with Crippen LogP contribution in [0.2, 0.25) is 0 Å². The van der Waals surface area contributed by atoms with Crippen molar-refractivity contribution in [1.82, 2.24) is 24.2 Å². The molecule has 6 N–H and O–H groups in total. The normalized spacial score (nSPS) is 24.5. The smallest absolute Gasteiger partial charge is 0.362 e. The fourth-order valence-corrected chi connectivity index (χ4v) is 4.43. The lowest BCUT2D eigenvalue weighted by molar-refractivity contribution is -0.0468. The first kappa shape index (κ1) is 23.4. The molecule has 0 bridgehead atoms. The molecule has 15 heteroatoms. The van der Waals surface area contributed by atoms with Gasteiger partial charge in [-0.2, -0.15) is 8.42 Å². The highest BCUT2D eigenvalue weighted by Gasteiger charge is 2.45. The maximum Gasteiger partial charge on any atom is 0.362 e. The quantitative estimate of drug-likeness (QED) is 0.241. The minimum Gasteiger partial charge on any atom is -0.398 e. The van der Waals surface area contributed by atoms with E-state index in [4.69, 9.17) is 14.7 Å². The Morgan fingerprint density at radius 3 is 2.71 bits per heavy atom. The van der Waals surface area contributed by atoms with Gasteiger partial charge in [0.2, 0.25) is 0 Å². The largest absolute Gasteiger partial charge is 0.398 e. The Morgan fingerprint density at radius 2 is 1.97 bits per heavy atom. The van der Waals surface area contributed by atoms with Gasteiger partial charge in [0.05, 0.1) is 18.5 Å². The summed E-state index contributed by atoms with van der Waals surface area (Å²) in [6.45, 7) is -0.669. The number of amides is 1. The van der Waals surface area contributed by atoms with E-state index in [1.807, 2.05) is 0 Å². The molecule has 1 saturated carbocycles. The molecule has 1 aliphatic carbocycles. The first-order valence-electron chi connectivity index (χ1n) is 10.7. The molecule has 3 heterocycles. The molecule has 1 amide bonds. The molecule has 1 aromatic carbocycles. The van der Waals surface area contributed by atoms with Crippen LogP contribution in [0.3, 0.4) is 0 Å². The van der Waals surface area contributed by atoms with Crippen LogP contribution in [0.25, 0.3) is 11.2 Å². The highest BCUT2D eigenvalue weighted by molar-refractivity contribution is 7.85. The number of hydrogen-bond acceptors (Lipinski definition) is 12. The maximum atomic E-state index is 12.3. The van der Waals surface area contributed by atoms with Crippen molar-refractivity contribution in [3.63, 3.8) is 0 Å². The Hall–Kier alpha value is -3.37. The van der Waals surface area contributed by atoms with Crippen LogP contribution in [-0.4, -0.2) is 75.0 Å². The SMILES string of the molecule is Nc1ccccc1C(=O)NS(=O)(=O)OC[C@H]1O[C@@H](n2cnc3c(NC4CC4)ncnc32)[C@H](O)[C@@H]1O. The number of fused-ring (bicyclic) bond motifs is 1. The number of nitrogens with two attached hydrogens (primary N) is 1. The van der Waals surface area contributed by atoms with E-state index in [1.54, 1.807) is 10.8 Å². The second-order valence-electron chi connectivity index (χ2n) is 8.27. The van der Waals surface area contributed by atoms with Gasteiger partial charge in [0.15, 0.2) is 23.2 Å². The monoisotopic (exact) mass is 505 g/mol. The minimum absolute atomic E-state index is 0.0446. The van der Waals surface area contributed by atoms with E-state index in [9.17, 15) is 23.4 Å². The molecule has 1 saturated heterocycles. The second-order valence-corrected chi connectivity index (χ2v) is 9.62. The number of aromatic nitrogens is 4. The van der Waals surface area contributed by atoms with Crippen molar-refractivity contribution >= 4 is 38.9 Å². The molecule has 186 valence electrons. The van der Waals surface area contributed by atoms with E-state index in [1.165, 1.54) is 35.4 Å². The first-order valence-corrected chi connectivity index (χ1v) is 12.2. The predicted octanol–water partition coefficient (Wildman–Crippen LogP) is -0.707. The van der Waals surface area contributed by atoms with Crippen molar-refractivity contribution in [2.24, 2.45) is 0 Å². The van der Waals surface area contributed by atoms with E-state index < -0.39 is 47.4 Å². The highest BCUT2D eigenvalue weighted by Crippen LogP contribution is 2.33. The number of aliphatic hydroxyl groups is 2. The van der Waals surface area contributed by atoms with Gasteiger partial charge < -0.3 is 26.0 Å². The second kappa shape index (κ2) is 9.01. The molecule has 5 rings (SSSR count). The lowest BCUT2D eigenvalue weighted by Gasteiger charge is -2.16. The van der Waals surface area contributed by atoms with Crippen molar-refractivity contribution in [2.45, 2.75) is 43.4 Å². The van der Waals surface area contributed by atoms with E-state index in [0.717, 1.165) is 12.8 Å². The molecule has 0 radical (unpaired) electrons. The summed E-state index contributed by atoms with van der Waals surface area (Å²) in [5.74, 6) is -0.431. The Bertz CT molecular complexity index is 1360. The van der Waals surface area contributed by atoms with Crippen molar-refractivity contribution < 1.29 is 32.3 Å². The zero-order valence-electron chi connectivity index (χ0n) is 18.2. The molecule has 0 unspecified atom stereocenters. The molecule has 14 nitrogen and oxygen atoms in total. The first-order chi connectivity index (χ1) is 16.7. The Morgan fingerprint density at radius 1 is 1.20 bits per heavy atom. The van der Waals surface area contributed by atoms with Crippen LogP contribution in [0.15, 0.2) is 36.9 Å². The van der Waals surface area contributed by atoms with E-state index >= 15 is 0 Å². The zero-order valence-corrected chi connectivity index (χ0v) is 19.0. The third-order valence-corrected chi connectivity index (χ3v) is 6.58. The molecular formula is C20H23N7O7S. The number of carbonyl (C=O) groups excluding carboxylic acids is 1. The lowest BCUT2D eigenvalue weighted by atomic mass is 10.1. The lowest BCUT2D eigenvalue weighted by Crippen LogP contribution is -2.38. The van der Waals surface area contributed by atoms with Gasteiger partial charge in [0.1, 0.15) is 24.6 Å². The van der Waals surface area contributed by atoms with Crippen LogP contribution >= 0.6 is 0 Å². The fourth-order valence-electron chi connectivity index (χ4n) is 3.72. The van der Waals surface area contributed by atoms with Gasteiger partial charge in [0, 0.05) is 11.7 Å². The molecule has 3 aromatic rings. The molecule has 1 aliphatic heterocycles.